The van der Waals surface area contributed by atoms with E-state index in [0.29, 0.717) is 19.4 Å². The first-order chi connectivity index (χ1) is 12.7. The van der Waals surface area contributed by atoms with Crippen molar-refractivity contribution in [1.82, 2.24) is 10.3 Å². The van der Waals surface area contributed by atoms with E-state index in [-0.39, 0.29) is 11.7 Å². The van der Waals surface area contributed by atoms with Crippen LogP contribution in [0.4, 0.5) is 4.39 Å². The molecule has 1 aromatic heterocycles. The Morgan fingerprint density at radius 1 is 1.19 bits per heavy atom. The largest absolute Gasteiger partial charge is 0.496 e. The van der Waals surface area contributed by atoms with Gasteiger partial charge in [0.25, 0.3) is 0 Å². The van der Waals surface area contributed by atoms with E-state index in [1.807, 2.05) is 29.6 Å². The number of thiazole rings is 1. The second-order valence-electron chi connectivity index (χ2n) is 5.72. The summed E-state index contributed by atoms with van der Waals surface area (Å²) in [5.74, 6) is 0.460. The summed E-state index contributed by atoms with van der Waals surface area (Å²) in [5.41, 5.74) is 2.62. The number of para-hydroxylation sites is 1. The fourth-order valence-electron chi connectivity index (χ4n) is 2.53. The lowest BCUT2D eigenvalue weighted by Gasteiger charge is -2.09. The molecule has 0 aliphatic rings. The van der Waals surface area contributed by atoms with Gasteiger partial charge < -0.3 is 10.1 Å². The summed E-state index contributed by atoms with van der Waals surface area (Å²) in [6, 6.07) is 13.8. The van der Waals surface area contributed by atoms with Crippen LogP contribution >= 0.6 is 11.3 Å². The minimum atomic E-state index is -0.268. The average molecular weight is 370 g/mol. The van der Waals surface area contributed by atoms with E-state index in [0.717, 1.165) is 27.6 Å². The molecule has 3 aromatic rings. The molecule has 0 atom stereocenters. The maximum atomic E-state index is 13.0. The van der Waals surface area contributed by atoms with Gasteiger partial charge in [-0.05, 0) is 30.3 Å². The molecule has 6 heteroatoms. The zero-order valence-electron chi connectivity index (χ0n) is 14.4. The highest BCUT2D eigenvalue weighted by molar-refractivity contribution is 7.09. The monoisotopic (exact) mass is 370 g/mol. The first-order valence-corrected chi connectivity index (χ1v) is 9.12. The molecule has 1 amide bonds. The number of ether oxygens (including phenoxy) is 1. The molecule has 0 fully saturated rings. The third-order valence-corrected chi connectivity index (χ3v) is 4.83. The standard InChI is InChI=1S/C20H19FN2O2S/c1-25-18-5-3-2-4-15(18)12-22-19(24)10-11-20-23-17(13-26-20)14-6-8-16(21)9-7-14/h2-9,13H,10-12H2,1H3,(H,22,24). The summed E-state index contributed by atoms with van der Waals surface area (Å²) in [6.07, 6.45) is 0.940. The predicted molar refractivity (Wildman–Crippen MR) is 101 cm³/mol. The molecule has 3 rings (SSSR count). The van der Waals surface area contributed by atoms with Crippen LogP contribution in [0.25, 0.3) is 11.3 Å². The van der Waals surface area contributed by atoms with Crippen molar-refractivity contribution in [1.29, 1.82) is 0 Å². The maximum absolute atomic E-state index is 13.0. The van der Waals surface area contributed by atoms with Crippen molar-refractivity contribution in [3.05, 3.63) is 70.3 Å². The number of carbonyl (C=O) groups is 1. The van der Waals surface area contributed by atoms with Crippen LogP contribution in [0.3, 0.4) is 0 Å². The Morgan fingerprint density at radius 2 is 1.96 bits per heavy atom. The van der Waals surface area contributed by atoms with Gasteiger partial charge in [0.2, 0.25) is 5.91 Å². The number of nitrogens with one attached hydrogen (secondary N) is 1. The molecule has 4 nitrogen and oxygen atoms in total. The van der Waals surface area contributed by atoms with Crippen LogP contribution in [0, 0.1) is 5.82 Å². The number of aromatic nitrogens is 1. The SMILES string of the molecule is COc1ccccc1CNC(=O)CCc1nc(-c2ccc(F)cc2)cs1. The van der Waals surface area contributed by atoms with E-state index in [1.165, 1.54) is 23.5 Å². The number of hydrogen-bond acceptors (Lipinski definition) is 4. The van der Waals surface area contributed by atoms with Crippen LogP contribution < -0.4 is 10.1 Å². The van der Waals surface area contributed by atoms with Gasteiger partial charge in [-0.1, -0.05) is 18.2 Å². The third kappa shape index (κ3) is 4.67. The zero-order chi connectivity index (χ0) is 18.4. The van der Waals surface area contributed by atoms with E-state index in [2.05, 4.69) is 10.3 Å². The number of nitrogens with zero attached hydrogens (tertiary/aromatic N) is 1. The highest BCUT2D eigenvalue weighted by Gasteiger charge is 2.09. The highest BCUT2D eigenvalue weighted by atomic mass is 32.1. The van der Waals surface area contributed by atoms with Crippen LogP contribution in [-0.4, -0.2) is 18.0 Å². The molecule has 0 spiro atoms. The minimum Gasteiger partial charge on any atom is -0.496 e. The number of halogens is 1. The van der Waals surface area contributed by atoms with Crippen LogP contribution in [0.15, 0.2) is 53.9 Å². The fraction of sp³-hybridized carbons (Fsp3) is 0.200. The number of amides is 1. The molecule has 0 aliphatic heterocycles. The van der Waals surface area contributed by atoms with Crippen molar-refractivity contribution in [2.75, 3.05) is 7.11 Å². The fourth-order valence-corrected chi connectivity index (χ4v) is 3.34. The van der Waals surface area contributed by atoms with Crippen LogP contribution in [0.1, 0.15) is 17.0 Å². The Hall–Kier alpha value is -2.73. The van der Waals surface area contributed by atoms with Crippen LogP contribution in [-0.2, 0) is 17.8 Å². The van der Waals surface area contributed by atoms with Crippen molar-refractivity contribution in [3.63, 3.8) is 0 Å². The number of benzene rings is 2. The molecule has 1 heterocycles. The number of methoxy groups -OCH3 is 1. The lowest BCUT2D eigenvalue weighted by molar-refractivity contribution is -0.121. The van der Waals surface area contributed by atoms with Gasteiger partial charge in [0, 0.05) is 35.9 Å². The average Bonchev–Trinajstić information content (AvgIpc) is 3.14. The molecule has 134 valence electrons. The smallest absolute Gasteiger partial charge is 0.220 e. The van der Waals surface area contributed by atoms with E-state index in [4.69, 9.17) is 4.74 Å². The molecule has 0 saturated carbocycles. The van der Waals surface area contributed by atoms with Crippen LogP contribution in [0.5, 0.6) is 5.75 Å². The second-order valence-corrected chi connectivity index (χ2v) is 6.66. The van der Waals surface area contributed by atoms with Gasteiger partial charge in [-0.3, -0.25) is 4.79 Å². The minimum absolute atomic E-state index is 0.0329. The van der Waals surface area contributed by atoms with Crippen molar-refractivity contribution in [3.8, 4) is 17.0 Å². The summed E-state index contributed by atoms with van der Waals surface area (Å²) in [4.78, 5) is 16.6. The van der Waals surface area contributed by atoms with Crippen molar-refractivity contribution in [2.45, 2.75) is 19.4 Å². The van der Waals surface area contributed by atoms with Crippen LogP contribution in [0.2, 0.25) is 0 Å². The lowest BCUT2D eigenvalue weighted by Crippen LogP contribution is -2.23. The van der Waals surface area contributed by atoms with Crippen molar-refractivity contribution in [2.24, 2.45) is 0 Å². The number of aryl methyl sites for hydroxylation is 1. The lowest BCUT2D eigenvalue weighted by atomic mass is 10.2. The normalized spacial score (nSPS) is 10.5. The van der Waals surface area contributed by atoms with Gasteiger partial charge in [0.15, 0.2) is 0 Å². The van der Waals surface area contributed by atoms with E-state index < -0.39 is 0 Å². The molecule has 0 unspecified atom stereocenters. The van der Waals surface area contributed by atoms with Crippen molar-refractivity contribution >= 4 is 17.2 Å². The first kappa shape index (κ1) is 18.1. The number of rotatable bonds is 7. The molecule has 0 radical (unpaired) electrons. The van der Waals surface area contributed by atoms with Gasteiger partial charge >= 0.3 is 0 Å². The Bertz CT molecular complexity index is 878. The van der Waals surface area contributed by atoms with Gasteiger partial charge in [-0.25, -0.2) is 9.37 Å². The van der Waals surface area contributed by atoms with Gasteiger partial charge in [0.05, 0.1) is 17.8 Å². The summed E-state index contributed by atoms with van der Waals surface area (Å²) in [6.45, 7) is 0.432. The zero-order valence-corrected chi connectivity index (χ0v) is 15.2. The summed E-state index contributed by atoms with van der Waals surface area (Å²) >= 11 is 1.51. The number of carbonyl (C=O) groups excluding carboxylic acids is 1. The summed E-state index contributed by atoms with van der Waals surface area (Å²) in [7, 11) is 1.61. The molecule has 0 bridgehead atoms. The van der Waals surface area contributed by atoms with E-state index >= 15 is 0 Å². The maximum Gasteiger partial charge on any atom is 0.220 e. The van der Waals surface area contributed by atoms with Gasteiger partial charge in [-0.15, -0.1) is 11.3 Å². The first-order valence-electron chi connectivity index (χ1n) is 8.24. The molecular weight excluding hydrogens is 351 g/mol. The van der Waals surface area contributed by atoms with E-state index in [9.17, 15) is 9.18 Å². The number of hydrogen-bond donors (Lipinski definition) is 1. The predicted octanol–water partition coefficient (Wildman–Crippen LogP) is 4.21. The molecule has 26 heavy (non-hydrogen) atoms. The van der Waals surface area contributed by atoms with Gasteiger partial charge in [-0.2, -0.15) is 0 Å². The van der Waals surface area contributed by atoms with Crippen molar-refractivity contribution < 1.29 is 13.9 Å². The van der Waals surface area contributed by atoms with E-state index in [1.54, 1.807) is 19.2 Å². The molecule has 0 aliphatic carbocycles. The molecule has 0 saturated heterocycles. The second kappa shape index (κ2) is 8.58. The Labute approximate surface area is 155 Å². The Morgan fingerprint density at radius 3 is 2.73 bits per heavy atom. The Balaban J connectivity index is 1.51. The topological polar surface area (TPSA) is 51.2 Å². The third-order valence-electron chi connectivity index (χ3n) is 3.93. The molecular formula is C20H19FN2O2S. The quantitative estimate of drug-likeness (QED) is 0.678. The molecule has 2 aromatic carbocycles. The van der Waals surface area contributed by atoms with Gasteiger partial charge in [0.1, 0.15) is 11.6 Å². The summed E-state index contributed by atoms with van der Waals surface area (Å²) in [5, 5.41) is 5.72. The summed E-state index contributed by atoms with van der Waals surface area (Å²) < 4.78 is 18.3. The molecule has 1 N–H and O–H groups in total. The highest BCUT2D eigenvalue weighted by Crippen LogP contribution is 2.23. The Kier molecular flexibility index (Phi) is 5.96.